The highest BCUT2D eigenvalue weighted by atomic mass is 15.3. The highest BCUT2D eigenvalue weighted by molar-refractivity contribution is 5.65. The van der Waals surface area contributed by atoms with E-state index in [1.54, 1.807) is 4.52 Å². The van der Waals surface area contributed by atoms with Crippen LogP contribution < -0.4 is 5.32 Å². The van der Waals surface area contributed by atoms with Gasteiger partial charge in [-0.15, -0.1) is 5.10 Å². The fraction of sp³-hybridized carbons (Fsp3) is 0.0556. The summed E-state index contributed by atoms with van der Waals surface area (Å²) in [4.78, 5) is 8.93. The van der Waals surface area contributed by atoms with Crippen molar-refractivity contribution in [2.75, 3.05) is 12.4 Å². The fourth-order valence-corrected chi connectivity index (χ4v) is 2.50. The average Bonchev–Trinajstić information content (AvgIpc) is 3.06. The second kappa shape index (κ2) is 5.53. The topological polar surface area (TPSA) is 55.1 Å². The predicted molar refractivity (Wildman–Crippen MR) is 91.2 cm³/mol. The van der Waals surface area contributed by atoms with Gasteiger partial charge in [0.15, 0.2) is 5.82 Å². The average molecular weight is 301 g/mol. The quantitative estimate of drug-likeness (QED) is 0.629. The van der Waals surface area contributed by atoms with Crippen molar-refractivity contribution < 1.29 is 0 Å². The molecular weight excluding hydrogens is 286 g/mol. The Morgan fingerprint density at radius 2 is 1.74 bits per heavy atom. The molecule has 0 fully saturated rings. The molecule has 2 heterocycles. The lowest BCUT2D eigenvalue weighted by Crippen LogP contribution is -1.92. The first kappa shape index (κ1) is 13.5. The van der Waals surface area contributed by atoms with E-state index in [1.165, 1.54) is 0 Å². The highest BCUT2D eigenvalue weighted by Gasteiger charge is 2.09. The summed E-state index contributed by atoms with van der Waals surface area (Å²) in [6.45, 7) is 0. The molecule has 0 unspecified atom stereocenters. The van der Waals surface area contributed by atoms with E-state index in [0.717, 1.165) is 22.4 Å². The maximum absolute atomic E-state index is 4.56. The summed E-state index contributed by atoms with van der Waals surface area (Å²) in [5, 5.41) is 7.68. The standard InChI is InChI=1S/C18H15N5/c1-19-16-9-5-8-14(10-16)17-21-18-20-11-15(12-23(18)22-17)13-6-3-2-4-7-13/h2-12,19H,1H3. The number of rotatable bonds is 3. The van der Waals surface area contributed by atoms with Gasteiger partial charge in [-0.1, -0.05) is 42.5 Å². The molecule has 5 nitrogen and oxygen atoms in total. The van der Waals surface area contributed by atoms with E-state index in [-0.39, 0.29) is 0 Å². The lowest BCUT2D eigenvalue weighted by atomic mass is 10.1. The third-order valence-corrected chi connectivity index (χ3v) is 3.71. The first-order valence-corrected chi connectivity index (χ1v) is 7.39. The molecule has 0 saturated carbocycles. The van der Waals surface area contributed by atoms with E-state index in [0.29, 0.717) is 11.6 Å². The van der Waals surface area contributed by atoms with Crippen molar-refractivity contribution in [2.45, 2.75) is 0 Å². The third kappa shape index (κ3) is 2.53. The van der Waals surface area contributed by atoms with Crippen molar-refractivity contribution in [3.05, 3.63) is 67.0 Å². The molecule has 23 heavy (non-hydrogen) atoms. The molecule has 0 saturated heterocycles. The van der Waals surface area contributed by atoms with Crippen molar-refractivity contribution >= 4 is 11.5 Å². The van der Waals surface area contributed by atoms with E-state index in [2.05, 4.69) is 32.5 Å². The van der Waals surface area contributed by atoms with E-state index in [9.17, 15) is 0 Å². The van der Waals surface area contributed by atoms with Gasteiger partial charge in [-0.05, 0) is 17.7 Å². The van der Waals surface area contributed by atoms with Gasteiger partial charge in [0.2, 0.25) is 0 Å². The predicted octanol–water partition coefficient (Wildman–Crippen LogP) is 3.50. The highest BCUT2D eigenvalue weighted by Crippen LogP contribution is 2.21. The van der Waals surface area contributed by atoms with Gasteiger partial charge >= 0.3 is 0 Å². The molecule has 2 aromatic carbocycles. The maximum Gasteiger partial charge on any atom is 0.252 e. The fourth-order valence-electron chi connectivity index (χ4n) is 2.50. The number of nitrogens with one attached hydrogen (secondary N) is 1. The molecule has 2 aromatic heterocycles. The van der Waals surface area contributed by atoms with E-state index in [1.807, 2.05) is 61.9 Å². The summed E-state index contributed by atoms with van der Waals surface area (Å²) in [6, 6.07) is 18.1. The van der Waals surface area contributed by atoms with Crippen LogP contribution in [0.25, 0.3) is 28.3 Å². The molecule has 0 aliphatic rings. The Kier molecular flexibility index (Phi) is 3.24. The van der Waals surface area contributed by atoms with Gasteiger partial charge < -0.3 is 5.32 Å². The first-order valence-electron chi connectivity index (χ1n) is 7.39. The van der Waals surface area contributed by atoms with Crippen molar-refractivity contribution in [2.24, 2.45) is 0 Å². The Morgan fingerprint density at radius 1 is 0.913 bits per heavy atom. The number of benzene rings is 2. The molecule has 4 rings (SSSR count). The molecule has 0 spiro atoms. The minimum Gasteiger partial charge on any atom is -0.388 e. The molecule has 0 amide bonds. The van der Waals surface area contributed by atoms with Crippen molar-refractivity contribution in [1.82, 2.24) is 19.6 Å². The Labute approximate surface area is 133 Å². The summed E-state index contributed by atoms with van der Waals surface area (Å²) in [5.74, 6) is 1.26. The summed E-state index contributed by atoms with van der Waals surface area (Å²) < 4.78 is 1.73. The van der Waals surface area contributed by atoms with Crippen molar-refractivity contribution in [1.29, 1.82) is 0 Å². The van der Waals surface area contributed by atoms with Gasteiger partial charge in [0.05, 0.1) is 0 Å². The van der Waals surface area contributed by atoms with Gasteiger partial charge in [0.1, 0.15) is 0 Å². The van der Waals surface area contributed by atoms with E-state index < -0.39 is 0 Å². The number of aromatic nitrogens is 4. The van der Waals surface area contributed by atoms with Crippen molar-refractivity contribution in [3.8, 4) is 22.5 Å². The number of hydrogen-bond acceptors (Lipinski definition) is 4. The van der Waals surface area contributed by atoms with Gasteiger partial charge in [0, 0.05) is 36.3 Å². The number of hydrogen-bond donors (Lipinski definition) is 1. The molecule has 112 valence electrons. The normalized spacial score (nSPS) is 10.8. The molecule has 0 atom stereocenters. The number of anilines is 1. The molecule has 5 heteroatoms. The monoisotopic (exact) mass is 301 g/mol. The van der Waals surface area contributed by atoms with E-state index in [4.69, 9.17) is 0 Å². The zero-order valence-electron chi connectivity index (χ0n) is 12.6. The summed E-state index contributed by atoms with van der Waals surface area (Å²) in [6.07, 6.45) is 3.78. The Balaban J connectivity index is 1.79. The number of fused-ring (bicyclic) bond motifs is 1. The van der Waals surface area contributed by atoms with Crippen LogP contribution in [-0.4, -0.2) is 26.6 Å². The molecule has 0 aliphatic carbocycles. The summed E-state index contributed by atoms with van der Waals surface area (Å²) in [5.41, 5.74) is 4.11. The lowest BCUT2D eigenvalue weighted by molar-refractivity contribution is 0.944. The Morgan fingerprint density at radius 3 is 2.57 bits per heavy atom. The summed E-state index contributed by atoms with van der Waals surface area (Å²) in [7, 11) is 1.89. The Hall–Kier alpha value is -3.21. The maximum atomic E-state index is 4.56. The van der Waals surface area contributed by atoms with Crippen LogP contribution in [0.5, 0.6) is 0 Å². The van der Waals surface area contributed by atoms with Crippen LogP contribution in [0.1, 0.15) is 0 Å². The second-order valence-electron chi connectivity index (χ2n) is 5.22. The van der Waals surface area contributed by atoms with Crippen LogP contribution in [0.4, 0.5) is 5.69 Å². The molecule has 0 bridgehead atoms. The van der Waals surface area contributed by atoms with Gasteiger partial charge in [-0.25, -0.2) is 9.50 Å². The van der Waals surface area contributed by atoms with Gasteiger partial charge in [-0.3, -0.25) is 0 Å². The first-order chi connectivity index (χ1) is 11.3. The molecular formula is C18H15N5. The molecule has 0 aliphatic heterocycles. The zero-order chi connectivity index (χ0) is 15.6. The van der Waals surface area contributed by atoms with Crippen LogP contribution in [0.3, 0.4) is 0 Å². The van der Waals surface area contributed by atoms with Crippen LogP contribution >= 0.6 is 0 Å². The molecule has 1 N–H and O–H groups in total. The zero-order valence-corrected chi connectivity index (χ0v) is 12.6. The Bertz CT molecular complexity index is 959. The largest absolute Gasteiger partial charge is 0.388 e. The third-order valence-electron chi connectivity index (χ3n) is 3.71. The van der Waals surface area contributed by atoms with Crippen molar-refractivity contribution in [3.63, 3.8) is 0 Å². The summed E-state index contributed by atoms with van der Waals surface area (Å²) >= 11 is 0. The second-order valence-corrected chi connectivity index (χ2v) is 5.22. The SMILES string of the molecule is CNc1cccc(-c2nc3ncc(-c4ccccc4)cn3n2)c1. The van der Waals surface area contributed by atoms with Crippen LogP contribution in [-0.2, 0) is 0 Å². The smallest absolute Gasteiger partial charge is 0.252 e. The van der Waals surface area contributed by atoms with Crippen LogP contribution in [0.15, 0.2) is 67.0 Å². The van der Waals surface area contributed by atoms with E-state index >= 15 is 0 Å². The molecule has 4 aromatic rings. The molecule has 0 radical (unpaired) electrons. The van der Waals surface area contributed by atoms with Gasteiger partial charge in [-0.2, -0.15) is 4.98 Å². The lowest BCUT2D eigenvalue weighted by Gasteiger charge is -2.01. The van der Waals surface area contributed by atoms with Gasteiger partial charge in [0.25, 0.3) is 5.78 Å². The van der Waals surface area contributed by atoms with Crippen LogP contribution in [0, 0.1) is 0 Å². The number of nitrogens with zero attached hydrogens (tertiary/aromatic N) is 4. The minimum absolute atomic E-state index is 0.592. The van der Waals surface area contributed by atoms with Crippen LogP contribution in [0.2, 0.25) is 0 Å². The minimum atomic E-state index is 0.592.